The van der Waals surface area contributed by atoms with Gasteiger partial charge in [0.1, 0.15) is 0 Å². The summed E-state index contributed by atoms with van der Waals surface area (Å²) in [5, 5.41) is 2.86. The molecule has 1 heterocycles. The molecule has 0 aliphatic carbocycles. The molecule has 0 saturated carbocycles. The fourth-order valence-corrected chi connectivity index (χ4v) is 2.15. The van der Waals surface area contributed by atoms with E-state index in [2.05, 4.69) is 34.5 Å². The first-order chi connectivity index (χ1) is 10.3. The first-order valence-corrected chi connectivity index (χ1v) is 7.28. The number of nitrogens with zero attached hydrogens (tertiary/aromatic N) is 1. The summed E-state index contributed by atoms with van der Waals surface area (Å²) >= 11 is 0. The smallest absolute Gasteiger partial charge is 0.244 e. The van der Waals surface area contributed by atoms with Crippen LogP contribution in [0.15, 0.2) is 48.6 Å². The molecule has 1 aromatic carbocycles. The maximum Gasteiger partial charge on any atom is 0.244 e. The molecule has 4 nitrogen and oxygen atoms in total. The van der Waals surface area contributed by atoms with Crippen LogP contribution in [0, 0.1) is 0 Å². The van der Waals surface area contributed by atoms with Gasteiger partial charge in [0.25, 0.3) is 0 Å². The first-order valence-electron chi connectivity index (χ1n) is 7.28. The molecule has 1 N–H and O–H groups in total. The van der Waals surface area contributed by atoms with Gasteiger partial charge in [-0.05, 0) is 24.6 Å². The van der Waals surface area contributed by atoms with Crippen LogP contribution < -0.4 is 10.2 Å². The maximum absolute atomic E-state index is 11.6. The molecular formula is C17H22N2O2. The van der Waals surface area contributed by atoms with Crippen LogP contribution in [0.5, 0.6) is 0 Å². The summed E-state index contributed by atoms with van der Waals surface area (Å²) in [6, 6.07) is 8.31. The monoisotopic (exact) mass is 286 g/mol. The molecule has 2 rings (SSSR count). The van der Waals surface area contributed by atoms with Crippen LogP contribution in [0.4, 0.5) is 5.69 Å². The topological polar surface area (TPSA) is 41.6 Å². The van der Waals surface area contributed by atoms with E-state index >= 15 is 0 Å². The van der Waals surface area contributed by atoms with Crippen LogP contribution in [0.1, 0.15) is 12.5 Å². The van der Waals surface area contributed by atoms with Crippen LogP contribution in [-0.4, -0.2) is 32.2 Å². The van der Waals surface area contributed by atoms with Gasteiger partial charge in [-0.2, -0.15) is 0 Å². The fraction of sp³-hybridized carbons (Fsp3) is 0.353. The van der Waals surface area contributed by atoms with Gasteiger partial charge in [-0.3, -0.25) is 4.79 Å². The summed E-state index contributed by atoms with van der Waals surface area (Å²) in [5.74, 6) is -0.0784. The van der Waals surface area contributed by atoms with E-state index in [1.165, 1.54) is 11.8 Å². The second-order valence-corrected chi connectivity index (χ2v) is 4.87. The Balaban J connectivity index is 1.83. The third-order valence-electron chi connectivity index (χ3n) is 3.33. The average molecular weight is 286 g/mol. The van der Waals surface area contributed by atoms with Crippen LogP contribution in [0.25, 0.3) is 0 Å². The standard InChI is InChI=1S/C17H22N2O2/c1-2-3-4-5-17(20)18-14-15-6-8-16(9-7-15)19-10-12-21-13-11-19/h2-9H,10-14H2,1H3,(H,18,20). The molecule has 0 spiro atoms. The number of benzene rings is 1. The summed E-state index contributed by atoms with van der Waals surface area (Å²) in [6.07, 6.45) is 6.98. The predicted octanol–water partition coefficient (Wildman–Crippen LogP) is 2.27. The zero-order valence-corrected chi connectivity index (χ0v) is 12.4. The highest BCUT2D eigenvalue weighted by atomic mass is 16.5. The summed E-state index contributed by atoms with van der Waals surface area (Å²) < 4.78 is 5.35. The first kappa shape index (κ1) is 15.3. The van der Waals surface area contributed by atoms with Gasteiger partial charge in [-0.15, -0.1) is 0 Å². The van der Waals surface area contributed by atoms with Gasteiger partial charge in [0, 0.05) is 31.4 Å². The Morgan fingerprint density at radius 3 is 2.62 bits per heavy atom. The molecule has 112 valence electrons. The minimum atomic E-state index is -0.0784. The Labute approximate surface area is 126 Å². The quantitative estimate of drug-likeness (QED) is 0.667. The molecule has 0 aromatic heterocycles. The number of amides is 1. The van der Waals surface area contributed by atoms with E-state index < -0.39 is 0 Å². The summed E-state index contributed by atoms with van der Waals surface area (Å²) in [4.78, 5) is 13.9. The molecule has 1 fully saturated rings. The van der Waals surface area contributed by atoms with Crippen molar-refractivity contribution in [3.05, 3.63) is 54.1 Å². The molecule has 0 atom stereocenters. The van der Waals surface area contributed by atoms with Crippen molar-refractivity contribution >= 4 is 11.6 Å². The zero-order chi connectivity index (χ0) is 14.9. The van der Waals surface area contributed by atoms with Crippen molar-refractivity contribution in [2.75, 3.05) is 31.2 Å². The van der Waals surface area contributed by atoms with Crippen LogP contribution in [0.3, 0.4) is 0 Å². The Bertz CT molecular complexity index is 500. The van der Waals surface area contributed by atoms with Crippen molar-refractivity contribution in [3.63, 3.8) is 0 Å². The number of carbonyl (C=O) groups excluding carboxylic acids is 1. The molecule has 0 bridgehead atoms. The highest BCUT2D eigenvalue weighted by molar-refractivity contribution is 5.87. The molecule has 4 heteroatoms. The SMILES string of the molecule is CC=CC=CC(=O)NCc1ccc(N2CCOCC2)cc1. The van der Waals surface area contributed by atoms with Crippen LogP contribution in [0.2, 0.25) is 0 Å². The second-order valence-electron chi connectivity index (χ2n) is 4.87. The number of hydrogen-bond acceptors (Lipinski definition) is 3. The number of anilines is 1. The molecule has 0 unspecified atom stereocenters. The van der Waals surface area contributed by atoms with Gasteiger partial charge < -0.3 is 15.0 Å². The van der Waals surface area contributed by atoms with E-state index in [1.807, 2.05) is 19.1 Å². The molecule has 1 aliphatic heterocycles. The normalized spacial score (nSPS) is 15.8. The Morgan fingerprint density at radius 2 is 1.95 bits per heavy atom. The summed E-state index contributed by atoms with van der Waals surface area (Å²) in [6.45, 7) is 5.91. The Morgan fingerprint density at radius 1 is 1.24 bits per heavy atom. The number of ether oxygens (including phenoxy) is 1. The van der Waals surface area contributed by atoms with Crippen LogP contribution in [-0.2, 0) is 16.1 Å². The van der Waals surface area contributed by atoms with Crippen molar-refractivity contribution < 1.29 is 9.53 Å². The van der Waals surface area contributed by atoms with Crippen molar-refractivity contribution in [1.82, 2.24) is 5.32 Å². The number of carbonyl (C=O) groups is 1. The average Bonchev–Trinajstić information content (AvgIpc) is 2.54. The van der Waals surface area contributed by atoms with Crippen molar-refractivity contribution in [2.24, 2.45) is 0 Å². The van der Waals surface area contributed by atoms with Gasteiger partial charge in [-0.25, -0.2) is 0 Å². The number of hydrogen-bond donors (Lipinski definition) is 1. The van der Waals surface area contributed by atoms with E-state index in [-0.39, 0.29) is 5.91 Å². The van der Waals surface area contributed by atoms with Gasteiger partial charge in [0.2, 0.25) is 5.91 Å². The molecule has 1 saturated heterocycles. The van der Waals surface area contributed by atoms with Gasteiger partial charge >= 0.3 is 0 Å². The summed E-state index contributed by atoms with van der Waals surface area (Å²) in [7, 11) is 0. The highest BCUT2D eigenvalue weighted by Gasteiger charge is 2.10. The maximum atomic E-state index is 11.6. The van der Waals surface area contributed by atoms with E-state index in [0.29, 0.717) is 6.54 Å². The lowest BCUT2D eigenvalue weighted by atomic mass is 10.2. The zero-order valence-electron chi connectivity index (χ0n) is 12.4. The van der Waals surface area contributed by atoms with E-state index in [0.717, 1.165) is 31.9 Å². The predicted molar refractivity (Wildman–Crippen MR) is 85.3 cm³/mol. The number of rotatable bonds is 5. The van der Waals surface area contributed by atoms with E-state index in [1.54, 1.807) is 6.08 Å². The van der Waals surface area contributed by atoms with E-state index in [9.17, 15) is 4.79 Å². The highest BCUT2D eigenvalue weighted by Crippen LogP contribution is 2.16. The third kappa shape index (κ3) is 5.08. The number of morpholine rings is 1. The van der Waals surface area contributed by atoms with Gasteiger partial charge in [0.05, 0.1) is 13.2 Å². The van der Waals surface area contributed by atoms with Crippen molar-refractivity contribution in [3.8, 4) is 0 Å². The lowest BCUT2D eigenvalue weighted by molar-refractivity contribution is -0.116. The Hall–Kier alpha value is -2.07. The molecular weight excluding hydrogens is 264 g/mol. The van der Waals surface area contributed by atoms with Crippen LogP contribution >= 0.6 is 0 Å². The minimum Gasteiger partial charge on any atom is -0.378 e. The van der Waals surface area contributed by atoms with E-state index in [4.69, 9.17) is 4.74 Å². The minimum absolute atomic E-state index is 0.0784. The third-order valence-corrected chi connectivity index (χ3v) is 3.33. The second kappa shape index (κ2) is 8.27. The molecule has 1 aliphatic rings. The summed E-state index contributed by atoms with van der Waals surface area (Å²) in [5.41, 5.74) is 2.31. The number of allylic oxidation sites excluding steroid dienone is 3. The van der Waals surface area contributed by atoms with Crippen molar-refractivity contribution in [1.29, 1.82) is 0 Å². The fourth-order valence-electron chi connectivity index (χ4n) is 2.15. The van der Waals surface area contributed by atoms with Crippen molar-refractivity contribution in [2.45, 2.75) is 13.5 Å². The molecule has 1 amide bonds. The van der Waals surface area contributed by atoms with Gasteiger partial charge in [-0.1, -0.05) is 30.4 Å². The largest absolute Gasteiger partial charge is 0.378 e. The molecule has 1 aromatic rings. The molecule has 0 radical (unpaired) electrons. The Kier molecular flexibility index (Phi) is 6.03. The van der Waals surface area contributed by atoms with Gasteiger partial charge in [0.15, 0.2) is 0 Å². The number of nitrogens with one attached hydrogen (secondary N) is 1. The lowest BCUT2D eigenvalue weighted by Gasteiger charge is -2.28. The molecule has 21 heavy (non-hydrogen) atoms. The lowest BCUT2D eigenvalue weighted by Crippen LogP contribution is -2.36.